The van der Waals surface area contributed by atoms with Crippen molar-refractivity contribution in [2.75, 3.05) is 0 Å². The Kier molecular flexibility index (Phi) is 3.67. The monoisotopic (exact) mass is 307 g/mol. The van der Waals surface area contributed by atoms with Crippen LogP contribution in [0.1, 0.15) is 28.2 Å². The van der Waals surface area contributed by atoms with E-state index in [1.54, 1.807) is 0 Å². The third-order valence-electron chi connectivity index (χ3n) is 2.49. The standard InChI is InChI=1S/C12H6F5NO3/c13-9(14)7-8(11(19)20)21-10(18-7)5-2-1-3-6(4-5)12(15,16)17/h1-4,9H,(H,19,20). The van der Waals surface area contributed by atoms with E-state index >= 15 is 0 Å². The summed E-state index contributed by atoms with van der Waals surface area (Å²) in [4.78, 5) is 14.0. The van der Waals surface area contributed by atoms with E-state index in [9.17, 15) is 26.7 Å². The van der Waals surface area contributed by atoms with Gasteiger partial charge in [0.2, 0.25) is 11.7 Å². The number of halogens is 5. The van der Waals surface area contributed by atoms with E-state index in [4.69, 9.17) is 5.11 Å². The molecule has 0 bridgehead atoms. The second kappa shape index (κ2) is 5.15. The maximum Gasteiger partial charge on any atom is 0.416 e. The number of carbonyl (C=O) groups is 1. The molecule has 1 aromatic carbocycles. The Labute approximate surface area is 113 Å². The molecule has 0 spiro atoms. The predicted molar refractivity (Wildman–Crippen MR) is 58.9 cm³/mol. The van der Waals surface area contributed by atoms with Crippen molar-refractivity contribution in [2.24, 2.45) is 0 Å². The predicted octanol–water partition coefficient (Wildman–Crippen LogP) is 4.00. The summed E-state index contributed by atoms with van der Waals surface area (Å²) in [6, 6.07) is 3.58. The molecular weight excluding hydrogens is 301 g/mol. The molecule has 0 saturated heterocycles. The SMILES string of the molecule is O=C(O)c1oc(-c2cccc(C(F)(F)F)c2)nc1C(F)F. The van der Waals surface area contributed by atoms with Crippen LogP contribution in [0.15, 0.2) is 28.7 Å². The maximum absolute atomic E-state index is 12.6. The first kappa shape index (κ1) is 14.9. The van der Waals surface area contributed by atoms with E-state index in [-0.39, 0.29) is 5.56 Å². The summed E-state index contributed by atoms with van der Waals surface area (Å²) in [5.74, 6) is -3.50. The molecule has 0 amide bonds. The summed E-state index contributed by atoms with van der Waals surface area (Å²) in [5.41, 5.74) is -2.41. The van der Waals surface area contributed by atoms with Gasteiger partial charge in [-0.25, -0.2) is 18.6 Å². The number of benzene rings is 1. The van der Waals surface area contributed by atoms with Crippen molar-refractivity contribution < 1.29 is 36.3 Å². The number of hydrogen-bond acceptors (Lipinski definition) is 3. The van der Waals surface area contributed by atoms with Crippen LogP contribution in [-0.4, -0.2) is 16.1 Å². The fourth-order valence-corrected chi connectivity index (χ4v) is 1.59. The van der Waals surface area contributed by atoms with Crippen LogP contribution in [0.2, 0.25) is 0 Å². The fraction of sp³-hybridized carbons (Fsp3) is 0.167. The summed E-state index contributed by atoms with van der Waals surface area (Å²) in [6.07, 6.45) is -7.86. The molecule has 0 aliphatic heterocycles. The van der Waals surface area contributed by atoms with Crippen molar-refractivity contribution >= 4 is 5.97 Å². The number of hydrogen-bond donors (Lipinski definition) is 1. The van der Waals surface area contributed by atoms with Crippen LogP contribution in [0.4, 0.5) is 22.0 Å². The van der Waals surface area contributed by atoms with Gasteiger partial charge < -0.3 is 9.52 Å². The number of alkyl halides is 5. The molecule has 0 fully saturated rings. The molecule has 0 aliphatic carbocycles. The first-order valence-corrected chi connectivity index (χ1v) is 5.40. The van der Waals surface area contributed by atoms with E-state index < -0.39 is 41.5 Å². The second-order valence-electron chi connectivity index (χ2n) is 3.92. The highest BCUT2D eigenvalue weighted by atomic mass is 19.4. The average Bonchev–Trinajstić information content (AvgIpc) is 2.83. The topological polar surface area (TPSA) is 63.3 Å². The Hall–Kier alpha value is -2.45. The molecule has 2 aromatic rings. The zero-order valence-electron chi connectivity index (χ0n) is 9.99. The number of nitrogens with zero attached hydrogens (tertiary/aromatic N) is 1. The molecule has 0 radical (unpaired) electrons. The maximum atomic E-state index is 12.6. The fourth-order valence-electron chi connectivity index (χ4n) is 1.59. The molecule has 2 rings (SSSR count). The Morgan fingerprint density at radius 2 is 1.95 bits per heavy atom. The van der Waals surface area contributed by atoms with E-state index in [0.717, 1.165) is 18.2 Å². The minimum Gasteiger partial charge on any atom is -0.475 e. The first-order valence-electron chi connectivity index (χ1n) is 5.40. The molecular formula is C12H6F5NO3. The Morgan fingerprint density at radius 3 is 2.43 bits per heavy atom. The van der Waals surface area contributed by atoms with Gasteiger partial charge in [-0.15, -0.1) is 0 Å². The summed E-state index contributed by atoms with van der Waals surface area (Å²) in [6.45, 7) is 0. The van der Waals surface area contributed by atoms with Crippen LogP contribution >= 0.6 is 0 Å². The summed E-state index contributed by atoms with van der Waals surface area (Å²) in [7, 11) is 0. The zero-order chi connectivity index (χ0) is 15.8. The number of aromatic nitrogens is 1. The molecule has 0 unspecified atom stereocenters. The third kappa shape index (κ3) is 3.01. The van der Waals surface area contributed by atoms with E-state index in [1.807, 2.05) is 0 Å². The van der Waals surface area contributed by atoms with Gasteiger partial charge in [-0.2, -0.15) is 13.2 Å². The van der Waals surface area contributed by atoms with Crippen molar-refractivity contribution in [3.8, 4) is 11.5 Å². The van der Waals surface area contributed by atoms with Gasteiger partial charge >= 0.3 is 12.1 Å². The zero-order valence-corrected chi connectivity index (χ0v) is 9.99. The average molecular weight is 307 g/mol. The van der Waals surface area contributed by atoms with Gasteiger partial charge in [0, 0.05) is 5.56 Å². The summed E-state index contributed by atoms with van der Waals surface area (Å²) < 4.78 is 67.6. The van der Waals surface area contributed by atoms with Crippen molar-refractivity contribution in [2.45, 2.75) is 12.6 Å². The smallest absolute Gasteiger partial charge is 0.416 e. The van der Waals surface area contributed by atoms with E-state index in [1.165, 1.54) is 0 Å². The highest BCUT2D eigenvalue weighted by molar-refractivity contribution is 5.86. The van der Waals surface area contributed by atoms with Crippen molar-refractivity contribution in [1.82, 2.24) is 4.98 Å². The summed E-state index contributed by atoms with van der Waals surface area (Å²) >= 11 is 0. The van der Waals surface area contributed by atoms with E-state index in [0.29, 0.717) is 6.07 Å². The third-order valence-corrected chi connectivity index (χ3v) is 2.49. The molecule has 1 aromatic heterocycles. The van der Waals surface area contributed by atoms with Gasteiger partial charge in [0.1, 0.15) is 0 Å². The molecule has 0 atom stereocenters. The number of aromatic carboxylic acids is 1. The lowest BCUT2D eigenvalue weighted by Crippen LogP contribution is -2.04. The quantitative estimate of drug-likeness (QED) is 0.871. The van der Waals surface area contributed by atoms with Crippen molar-refractivity contribution in [3.05, 3.63) is 41.3 Å². The molecule has 1 heterocycles. The van der Waals surface area contributed by atoms with Gasteiger partial charge in [-0.05, 0) is 18.2 Å². The Morgan fingerprint density at radius 1 is 1.29 bits per heavy atom. The van der Waals surface area contributed by atoms with Crippen LogP contribution in [-0.2, 0) is 6.18 Å². The van der Waals surface area contributed by atoms with Gasteiger partial charge in [0.05, 0.1) is 5.56 Å². The Balaban J connectivity index is 2.53. The van der Waals surface area contributed by atoms with Crippen molar-refractivity contribution in [3.63, 3.8) is 0 Å². The van der Waals surface area contributed by atoms with Crippen LogP contribution in [0.25, 0.3) is 11.5 Å². The minimum absolute atomic E-state index is 0.251. The van der Waals surface area contributed by atoms with Gasteiger partial charge in [0.25, 0.3) is 6.43 Å². The van der Waals surface area contributed by atoms with Crippen LogP contribution < -0.4 is 0 Å². The minimum atomic E-state index is -4.64. The Bertz CT molecular complexity index is 678. The molecule has 1 N–H and O–H groups in total. The highest BCUT2D eigenvalue weighted by Gasteiger charge is 2.32. The molecule has 0 saturated carbocycles. The molecule has 112 valence electrons. The van der Waals surface area contributed by atoms with Gasteiger partial charge in [0.15, 0.2) is 5.69 Å². The summed E-state index contributed by atoms with van der Waals surface area (Å²) in [5, 5.41) is 8.71. The highest BCUT2D eigenvalue weighted by Crippen LogP contribution is 2.33. The number of carboxylic acid groups (broad SMARTS) is 1. The second-order valence-corrected chi connectivity index (χ2v) is 3.92. The molecule has 9 heteroatoms. The number of carboxylic acids is 1. The number of rotatable bonds is 3. The normalized spacial score (nSPS) is 11.9. The molecule has 4 nitrogen and oxygen atoms in total. The number of oxazole rings is 1. The molecule has 21 heavy (non-hydrogen) atoms. The van der Waals surface area contributed by atoms with Crippen molar-refractivity contribution in [1.29, 1.82) is 0 Å². The lowest BCUT2D eigenvalue weighted by atomic mass is 10.1. The lowest BCUT2D eigenvalue weighted by Gasteiger charge is -2.06. The lowest BCUT2D eigenvalue weighted by molar-refractivity contribution is -0.137. The van der Waals surface area contributed by atoms with Crippen LogP contribution in [0.3, 0.4) is 0 Å². The molecule has 0 aliphatic rings. The van der Waals surface area contributed by atoms with Gasteiger partial charge in [-0.1, -0.05) is 6.07 Å². The first-order chi connectivity index (χ1) is 9.70. The van der Waals surface area contributed by atoms with E-state index in [2.05, 4.69) is 9.40 Å². The van der Waals surface area contributed by atoms with Gasteiger partial charge in [-0.3, -0.25) is 0 Å². The largest absolute Gasteiger partial charge is 0.475 e. The van der Waals surface area contributed by atoms with Crippen LogP contribution in [0.5, 0.6) is 0 Å². The van der Waals surface area contributed by atoms with Crippen LogP contribution in [0, 0.1) is 0 Å².